The standard InChI is InChI=1S/C15H14F3N5OS/c1-23-6-12(14(22-23)24-8-15(16,17)18)20-5-10-2-3-11(19-4-10)13-7-25-9-21-13/h2-4,6-7,9,20H,5,8H2,1H3. The first-order valence-corrected chi connectivity index (χ1v) is 8.15. The second kappa shape index (κ2) is 7.09. The van der Waals surface area contributed by atoms with E-state index in [2.05, 4.69) is 20.4 Å². The van der Waals surface area contributed by atoms with Crippen molar-refractivity contribution in [1.29, 1.82) is 0 Å². The Morgan fingerprint density at radius 2 is 2.08 bits per heavy atom. The molecule has 3 aromatic heterocycles. The molecule has 1 N–H and O–H groups in total. The van der Waals surface area contributed by atoms with Crippen LogP contribution in [0.2, 0.25) is 0 Å². The molecule has 0 saturated heterocycles. The van der Waals surface area contributed by atoms with Crippen molar-refractivity contribution < 1.29 is 17.9 Å². The van der Waals surface area contributed by atoms with E-state index in [1.807, 2.05) is 17.5 Å². The highest BCUT2D eigenvalue weighted by molar-refractivity contribution is 7.07. The van der Waals surface area contributed by atoms with Gasteiger partial charge in [-0.05, 0) is 11.6 Å². The van der Waals surface area contributed by atoms with Gasteiger partial charge < -0.3 is 10.1 Å². The van der Waals surface area contributed by atoms with Crippen LogP contribution in [0, 0.1) is 0 Å². The number of hydrogen-bond donors (Lipinski definition) is 1. The van der Waals surface area contributed by atoms with Gasteiger partial charge in [-0.3, -0.25) is 9.67 Å². The molecule has 0 spiro atoms. The third kappa shape index (κ3) is 4.69. The fourth-order valence-corrected chi connectivity index (χ4v) is 2.61. The normalized spacial score (nSPS) is 11.5. The zero-order valence-corrected chi connectivity index (χ0v) is 13.9. The largest absolute Gasteiger partial charge is 0.465 e. The number of alkyl halides is 3. The van der Waals surface area contributed by atoms with Crippen LogP contribution in [0.25, 0.3) is 11.4 Å². The molecule has 0 aliphatic rings. The summed E-state index contributed by atoms with van der Waals surface area (Å²) in [7, 11) is 1.61. The van der Waals surface area contributed by atoms with E-state index < -0.39 is 12.8 Å². The molecule has 0 saturated carbocycles. The first-order valence-electron chi connectivity index (χ1n) is 7.21. The molecular formula is C15H14F3N5OS. The molecule has 3 aromatic rings. The molecule has 0 fully saturated rings. The average Bonchev–Trinajstić information content (AvgIpc) is 3.20. The minimum atomic E-state index is -4.41. The fourth-order valence-electron chi connectivity index (χ4n) is 2.06. The van der Waals surface area contributed by atoms with Crippen LogP contribution in [0.1, 0.15) is 5.56 Å². The summed E-state index contributed by atoms with van der Waals surface area (Å²) in [5, 5.41) is 8.80. The molecule has 0 aromatic carbocycles. The van der Waals surface area contributed by atoms with E-state index in [1.165, 1.54) is 16.0 Å². The summed E-state index contributed by atoms with van der Waals surface area (Å²) in [4.78, 5) is 8.52. The minimum absolute atomic E-state index is 0.0909. The maximum Gasteiger partial charge on any atom is 0.422 e. The minimum Gasteiger partial charge on any atom is -0.465 e. The van der Waals surface area contributed by atoms with Gasteiger partial charge in [0.05, 0.1) is 23.1 Å². The number of rotatable bonds is 6. The van der Waals surface area contributed by atoms with E-state index in [9.17, 15) is 13.2 Å². The Hall–Kier alpha value is -2.62. The lowest BCUT2D eigenvalue weighted by molar-refractivity contribution is -0.154. The highest BCUT2D eigenvalue weighted by Gasteiger charge is 2.29. The molecular weight excluding hydrogens is 355 g/mol. The fraction of sp³-hybridized carbons (Fsp3) is 0.267. The predicted octanol–water partition coefficient (Wildman–Crippen LogP) is 3.49. The average molecular weight is 369 g/mol. The molecule has 0 aliphatic heterocycles. The lowest BCUT2D eigenvalue weighted by atomic mass is 10.2. The van der Waals surface area contributed by atoms with Gasteiger partial charge in [-0.25, -0.2) is 4.98 Å². The topological polar surface area (TPSA) is 64.9 Å². The molecule has 6 nitrogen and oxygen atoms in total. The highest BCUT2D eigenvalue weighted by Crippen LogP contribution is 2.25. The Balaban J connectivity index is 1.63. The zero-order chi connectivity index (χ0) is 17.9. The number of nitrogens with zero attached hydrogens (tertiary/aromatic N) is 4. The van der Waals surface area contributed by atoms with Gasteiger partial charge in [-0.1, -0.05) is 6.07 Å². The van der Waals surface area contributed by atoms with E-state index in [4.69, 9.17) is 4.74 Å². The maximum absolute atomic E-state index is 12.3. The van der Waals surface area contributed by atoms with E-state index >= 15 is 0 Å². The number of ether oxygens (including phenoxy) is 1. The Morgan fingerprint density at radius 3 is 2.72 bits per heavy atom. The van der Waals surface area contributed by atoms with Crippen molar-refractivity contribution >= 4 is 17.0 Å². The van der Waals surface area contributed by atoms with Gasteiger partial charge in [0.2, 0.25) is 0 Å². The van der Waals surface area contributed by atoms with Crippen molar-refractivity contribution in [2.75, 3.05) is 11.9 Å². The van der Waals surface area contributed by atoms with Crippen LogP contribution < -0.4 is 10.1 Å². The molecule has 3 rings (SSSR count). The molecule has 0 atom stereocenters. The summed E-state index contributed by atoms with van der Waals surface area (Å²) in [5.41, 5.74) is 4.55. The van der Waals surface area contributed by atoms with E-state index in [-0.39, 0.29) is 5.88 Å². The molecule has 0 radical (unpaired) electrons. The molecule has 3 heterocycles. The zero-order valence-electron chi connectivity index (χ0n) is 13.1. The summed E-state index contributed by atoms with van der Waals surface area (Å²) in [6, 6.07) is 3.72. The van der Waals surface area contributed by atoms with E-state index in [1.54, 1.807) is 25.0 Å². The number of aromatic nitrogens is 4. The Morgan fingerprint density at radius 1 is 1.24 bits per heavy atom. The van der Waals surface area contributed by atoms with Crippen molar-refractivity contribution in [3.05, 3.63) is 41.0 Å². The van der Waals surface area contributed by atoms with Gasteiger partial charge in [0, 0.05) is 25.2 Å². The van der Waals surface area contributed by atoms with Crippen molar-refractivity contribution in [2.24, 2.45) is 7.05 Å². The van der Waals surface area contributed by atoms with Crippen LogP contribution in [-0.4, -0.2) is 32.5 Å². The van der Waals surface area contributed by atoms with Crippen LogP contribution in [0.15, 0.2) is 35.4 Å². The number of thiazole rings is 1. The van der Waals surface area contributed by atoms with Gasteiger partial charge in [0.1, 0.15) is 5.69 Å². The van der Waals surface area contributed by atoms with Crippen molar-refractivity contribution in [3.63, 3.8) is 0 Å². The summed E-state index contributed by atoms with van der Waals surface area (Å²) in [6.07, 6.45) is -1.17. The number of halogens is 3. The number of aryl methyl sites for hydroxylation is 1. The SMILES string of the molecule is Cn1cc(NCc2ccc(-c3cscn3)nc2)c(OCC(F)(F)F)n1. The van der Waals surface area contributed by atoms with Crippen molar-refractivity contribution in [3.8, 4) is 17.3 Å². The number of pyridine rings is 1. The van der Waals surface area contributed by atoms with Gasteiger partial charge >= 0.3 is 6.18 Å². The van der Waals surface area contributed by atoms with Crippen LogP contribution >= 0.6 is 11.3 Å². The van der Waals surface area contributed by atoms with Crippen LogP contribution in [-0.2, 0) is 13.6 Å². The molecule has 25 heavy (non-hydrogen) atoms. The molecule has 0 unspecified atom stereocenters. The Bertz CT molecular complexity index is 815. The number of hydrogen-bond acceptors (Lipinski definition) is 6. The van der Waals surface area contributed by atoms with Crippen LogP contribution in [0.3, 0.4) is 0 Å². The van der Waals surface area contributed by atoms with E-state index in [0.29, 0.717) is 12.2 Å². The third-order valence-electron chi connectivity index (χ3n) is 3.17. The van der Waals surface area contributed by atoms with E-state index in [0.717, 1.165) is 17.0 Å². The molecule has 10 heteroatoms. The highest BCUT2D eigenvalue weighted by atomic mass is 32.1. The van der Waals surface area contributed by atoms with Gasteiger partial charge in [0.25, 0.3) is 5.88 Å². The summed E-state index contributed by atoms with van der Waals surface area (Å²) in [6.45, 7) is -1.01. The number of nitrogens with one attached hydrogen (secondary N) is 1. The molecule has 0 amide bonds. The molecule has 0 aliphatic carbocycles. The van der Waals surface area contributed by atoms with Crippen LogP contribution in [0.5, 0.6) is 5.88 Å². The third-order valence-corrected chi connectivity index (χ3v) is 3.76. The monoisotopic (exact) mass is 369 g/mol. The summed E-state index contributed by atoms with van der Waals surface area (Å²) in [5.74, 6) is -0.0909. The predicted molar refractivity (Wildman–Crippen MR) is 87.4 cm³/mol. The van der Waals surface area contributed by atoms with Gasteiger partial charge in [0.15, 0.2) is 6.61 Å². The smallest absolute Gasteiger partial charge is 0.422 e. The van der Waals surface area contributed by atoms with Crippen LogP contribution in [0.4, 0.5) is 18.9 Å². The Kier molecular flexibility index (Phi) is 4.88. The van der Waals surface area contributed by atoms with Crippen molar-refractivity contribution in [2.45, 2.75) is 12.7 Å². The Labute approximate surface area is 145 Å². The first kappa shape index (κ1) is 17.2. The van der Waals surface area contributed by atoms with Crippen molar-refractivity contribution in [1.82, 2.24) is 19.7 Å². The second-order valence-electron chi connectivity index (χ2n) is 5.20. The van der Waals surface area contributed by atoms with Gasteiger partial charge in [-0.15, -0.1) is 16.4 Å². The molecule has 132 valence electrons. The molecule has 0 bridgehead atoms. The second-order valence-corrected chi connectivity index (χ2v) is 5.92. The van der Waals surface area contributed by atoms with Gasteiger partial charge in [-0.2, -0.15) is 13.2 Å². The quantitative estimate of drug-likeness (QED) is 0.721. The lowest BCUT2D eigenvalue weighted by Crippen LogP contribution is -2.19. The number of anilines is 1. The maximum atomic E-state index is 12.3. The first-order chi connectivity index (χ1) is 11.9. The summed E-state index contributed by atoms with van der Waals surface area (Å²) < 4.78 is 43.0. The lowest BCUT2D eigenvalue weighted by Gasteiger charge is -2.09. The summed E-state index contributed by atoms with van der Waals surface area (Å²) >= 11 is 1.49.